The third-order valence-electron chi connectivity index (χ3n) is 4.34. The Morgan fingerprint density at radius 2 is 2.05 bits per heavy atom. The standard InChI is InChI=1S/C18H29ClN2/c1-13(2)10-20-11-16-6-5-7-17(19)18(16)21-12-14(3)8-9-15(21)4/h5-7,13-15,20H,8-12H2,1-4H3. The smallest absolute Gasteiger partial charge is 0.0643 e. The van der Waals surface area contributed by atoms with Gasteiger partial charge in [-0.1, -0.05) is 44.5 Å². The van der Waals surface area contributed by atoms with Crippen molar-refractivity contribution < 1.29 is 0 Å². The van der Waals surface area contributed by atoms with Crippen molar-refractivity contribution in [2.75, 3.05) is 18.0 Å². The molecule has 0 spiro atoms. The van der Waals surface area contributed by atoms with Gasteiger partial charge in [-0.15, -0.1) is 0 Å². The maximum Gasteiger partial charge on any atom is 0.0643 e. The molecule has 0 radical (unpaired) electrons. The molecule has 1 aromatic rings. The largest absolute Gasteiger partial charge is 0.367 e. The zero-order valence-corrected chi connectivity index (χ0v) is 14.6. The van der Waals surface area contributed by atoms with E-state index in [4.69, 9.17) is 11.6 Å². The van der Waals surface area contributed by atoms with Gasteiger partial charge in [-0.2, -0.15) is 0 Å². The van der Waals surface area contributed by atoms with Crippen molar-refractivity contribution in [1.29, 1.82) is 0 Å². The molecule has 1 fully saturated rings. The number of nitrogens with one attached hydrogen (secondary N) is 1. The van der Waals surface area contributed by atoms with Crippen molar-refractivity contribution in [2.45, 2.75) is 53.1 Å². The van der Waals surface area contributed by atoms with E-state index in [0.717, 1.165) is 30.6 Å². The van der Waals surface area contributed by atoms with Gasteiger partial charge in [-0.3, -0.25) is 0 Å². The van der Waals surface area contributed by atoms with Gasteiger partial charge in [0.05, 0.1) is 10.7 Å². The lowest BCUT2D eigenvalue weighted by Gasteiger charge is -2.40. The molecule has 0 aliphatic carbocycles. The van der Waals surface area contributed by atoms with Crippen LogP contribution in [0.5, 0.6) is 0 Å². The molecule has 0 aromatic heterocycles. The Balaban J connectivity index is 2.20. The highest BCUT2D eigenvalue weighted by molar-refractivity contribution is 6.33. The number of nitrogens with zero attached hydrogens (tertiary/aromatic N) is 1. The first-order chi connectivity index (χ1) is 9.99. The highest BCUT2D eigenvalue weighted by Crippen LogP contribution is 2.35. The van der Waals surface area contributed by atoms with Gasteiger partial charge in [0.2, 0.25) is 0 Å². The number of hydrogen-bond donors (Lipinski definition) is 1. The fourth-order valence-corrected chi connectivity index (χ4v) is 3.42. The lowest BCUT2D eigenvalue weighted by atomic mass is 9.93. The van der Waals surface area contributed by atoms with Crippen LogP contribution >= 0.6 is 11.6 Å². The molecule has 1 saturated heterocycles. The molecular weight excluding hydrogens is 280 g/mol. The van der Waals surface area contributed by atoms with Gasteiger partial charge in [0, 0.05) is 19.1 Å². The molecule has 1 aromatic carbocycles. The lowest BCUT2D eigenvalue weighted by molar-refractivity contribution is 0.389. The van der Waals surface area contributed by atoms with E-state index in [0.29, 0.717) is 12.0 Å². The van der Waals surface area contributed by atoms with Crippen LogP contribution in [0.4, 0.5) is 5.69 Å². The summed E-state index contributed by atoms with van der Waals surface area (Å²) in [6, 6.07) is 6.87. The topological polar surface area (TPSA) is 15.3 Å². The molecule has 118 valence electrons. The summed E-state index contributed by atoms with van der Waals surface area (Å²) in [7, 11) is 0. The van der Waals surface area contributed by atoms with E-state index >= 15 is 0 Å². The third-order valence-corrected chi connectivity index (χ3v) is 4.65. The van der Waals surface area contributed by atoms with E-state index < -0.39 is 0 Å². The maximum absolute atomic E-state index is 6.55. The van der Waals surface area contributed by atoms with E-state index in [1.165, 1.54) is 24.1 Å². The summed E-state index contributed by atoms with van der Waals surface area (Å²) in [4.78, 5) is 2.52. The summed E-state index contributed by atoms with van der Waals surface area (Å²) < 4.78 is 0. The molecule has 2 rings (SSSR count). The van der Waals surface area contributed by atoms with Crippen LogP contribution in [0.15, 0.2) is 18.2 Å². The van der Waals surface area contributed by atoms with Gasteiger partial charge in [0.25, 0.3) is 0 Å². The van der Waals surface area contributed by atoms with Crippen molar-refractivity contribution in [3.8, 4) is 0 Å². The number of anilines is 1. The predicted molar refractivity (Wildman–Crippen MR) is 93.2 cm³/mol. The summed E-state index contributed by atoms with van der Waals surface area (Å²) in [6.07, 6.45) is 2.58. The number of para-hydroxylation sites is 1. The van der Waals surface area contributed by atoms with Crippen LogP contribution in [0.3, 0.4) is 0 Å². The molecule has 1 N–H and O–H groups in total. The number of halogens is 1. The van der Waals surface area contributed by atoms with Gasteiger partial charge in [0.15, 0.2) is 0 Å². The molecule has 3 heteroatoms. The van der Waals surface area contributed by atoms with E-state index in [-0.39, 0.29) is 0 Å². The van der Waals surface area contributed by atoms with Crippen LogP contribution in [-0.4, -0.2) is 19.1 Å². The first-order valence-corrected chi connectivity index (χ1v) is 8.61. The molecule has 1 aliphatic rings. The SMILES string of the molecule is CC(C)CNCc1cccc(Cl)c1N1CC(C)CCC1C. The average molecular weight is 309 g/mol. The van der Waals surface area contributed by atoms with Crippen LogP contribution in [0, 0.1) is 11.8 Å². The number of benzene rings is 1. The van der Waals surface area contributed by atoms with Crippen molar-refractivity contribution in [3.63, 3.8) is 0 Å². The molecule has 2 unspecified atom stereocenters. The zero-order chi connectivity index (χ0) is 15.4. The van der Waals surface area contributed by atoms with Gasteiger partial charge < -0.3 is 10.2 Å². The van der Waals surface area contributed by atoms with E-state index in [1.54, 1.807) is 0 Å². The maximum atomic E-state index is 6.55. The summed E-state index contributed by atoms with van der Waals surface area (Å²) in [6.45, 7) is 12.2. The fourth-order valence-electron chi connectivity index (χ4n) is 3.12. The minimum atomic E-state index is 0.574. The van der Waals surface area contributed by atoms with Crippen molar-refractivity contribution in [2.24, 2.45) is 11.8 Å². The first-order valence-electron chi connectivity index (χ1n) is 8.23. The summed E-state index contributed by atoms with van der Waals surface area (Å²) in [5.74, 6) is 1.41. The number of rotatable bonds is 5. The molecule has 1 heterocycles. The van der Waals surface area contributed by atoms with Gasteiger partial charge in [-0.05, 0) is 49.8 Å². The van der Waals surface area contributed by atoms with Crippen LogP contribution in [0.25, 0.3) is 0 Å². The van der Waals surface area contributed by atoms with E-state index in [1.807, 2.05) is 6.07 Å². The molecule has 1 aliphatic heterocycles. The van der Waals surface area contributed by atoms with Crippen LogP contribution in [0.1, 0.15) is 46.1 Å². The number of hydrogen-bond acceptors (Lipinski definition) is 2. The second kappa shape index (κ2) is 7.51. The molecule has 0 bridgehead atoms. The Bertz CT molecular complexity index is 459. The first kappa shape index (κ1) is 16.6. The van der Waals surface area contributed by atoms with Crippen LogP contribution in [-0.2, 0) is 6.54 Å². The predicted octanol–water partition coefficient (Wildman–Crippen LogP) is 4.71. The quantitative estimate of drug-likeness (QED) is 0.847. The monoisotopic (exact) mass is 308 g/mol. The van der Waals surface area contributed by atoms with Crippen molar-refractivity contribution in [1.82, 2.24) is 5.32 Å². The Morgan fingerprint density at radius 3 is 2.76 bits per heavy atom. The highest BCUT2D eigenvalue weighted by atomic mass is 35.5. The Hall–Kier alpha value is -0.730. The summed E-state index contributed by atoms with van der Waals surface area (Å²) in [5.41, 5.74) is 2.57. The second-order valence-corrected chi connectivity index (χ2v) is 7.36. The molecular formula is C18H29ClN2. The van der Waals surface area contributed by atoms with E-state index in [2.05, 4.69) is 50.0 Å². The second-order valence-electron chi connectivity index (χ2n) is 6.96. The van der Waals surface area contributed by atoms with E-state index in [9.17, 15) is 0 Å². The summed E-state index contributed by atoms with van der Waals surface area (Å²) >= 11 is 6.55. The fraction of sp³-hybridized carbons (Fsp3) is 0.667. The van der Waals surface area contributed by atoms with Gasteiger partial charge in [-0.25, -0.2) is 0 Å². The normalized spacial score (nSPS) is 22.9. The minimum absolute atomic E-state index is 0.574. The average Bonchev–Trinajstić information content (AvgIpc) is 2.42. The van der Waals surface area contributed by atoms with Crippen LogP contribution in [0.2, 0.25) is 5.02 Å². The Kier molecular flexibility index (Phi) is 5.95. The molecule has 0 amide bonds. The molecule has 0 saturated carbocycles. The summed E-state index contributed by atoms with van der Waals surface area (Å²) in [5, 5.41) is 4.44. The lowest BCUT2D eigenvalue weighted by Crippen LogP contribution is -2.42. The highest BCUT2D eigenvalue weighted by Gasteiger charge is 2.26. The van der Waals surface area contributed by atoms with Gasteiger partial charge in [0.1, 0.15) is 0 Å². The van der Waals surface area contributed by atoms with Crippen molar-refractivity contribution in [3.05, 3.63) is 28.8 Å². The molecule has 2 atom stereocenters. The third kappa shape index (κ3) is 4.37. The van der Waals surface area contributed by atoms with Crippen LogP contribution < -0.4 is 10.2 Å². The Labute approximate surface area is 134 Å². The Morgan fingerprint density at radius 1 is 1.29 bits per heavy atom. The zero-order valence-electron chi connectivity index (χ0n) is 13.8. The molecule has 2 nitrogen and oxygen atoms in total. The minimum Gasteiger partial charge on any atom is -0.367 e. The van der Waals surface area contributed by atoms with Gasteiger partial charge >= 0.3 is 0 Å². The molecule has 21 heavy (non-hydrogen) atoms. The number of piperidine rings is 1. The van der Waals surface area contributed by atoms with Crippen molar-refractivity contribution >= 4 is 17.3 Å².